The van der Waals surface area contributed by atoms with Crippen LogP contribution in [-0.2, 0) is 4.79 Å². The first-order valence-corrected chi connectivity index (χ1v) is 7.09. The highest BCUT2D eigenvalue weighted by molar-refractivity contribution is 7.80. The predicted octanol–water partition coefficient (Wildman–Crippen LogP) is 1.54. The molecule has 0 aliphatic heterocycles. The van der Waals surface area contributed by atoms with Gasteiger partial charge in [0, 0.05) is 19.5 Å². The third kappa shape index (κ3) is 7.61. The fraction of sp³-hybridized carbons (Fsp3) is 0.846. The van der Waals surface area contributed by atoms with Crippen LogP contribution < -0.4 is 11.1 Å². The number of amides is 1. The van der Waals surface area contributed by atoms with E-state index in [0.717, 1.165) is 26.1 Å². The molecule has 1 amide bonds. The Kier molecular flexibility index (Phi) is 8.93. The first-order valence-electron chi connectivity index (χ1n) is 6.68. The van der Waals surface area contributed by atoms with Crippen molar-refractivity contribution in [2.75, 3.05) is 19.6 Å². The van der Waals surface area contributed by atoms with Crippen molar-refractivity contribution >= 4 is 23.1 Å². The van der Waals surface area contributed by atoms with Gasteiger partial charge in [-0.15, -0.1) is 0 Å². The molecule has 0 fully saturated rings. The Morgan fingerprint density at radius 3 is 2.44 bits per heavy atom. The second-order valence-corrected chi connectivity index (χ2v) is 5.52. The topological polar surface area (TPSA) is 58.4 Å². The fourth-order valence-corrected chi connectivity index (χ4v) is 1.77. The van der Waals surface area contributed by atoms with Crippen LogP contribution in [0.1, 0.15) is 40.5 Å². The van der Waals surface area contributed by atoms with E-state index in [2.05, 4.69) is 24.1 Å². The molecule has 18 heavy (non-hydrogen) atoms. The van der Waals surface area contributed by atoms with Crippen LogP contribution in [0.3, 0.4) is 0 Å². The van der Waals surface area contributed by atoms with Gasteiger partial charge in [-0.05, 0) is 25.8 Å². The Morgan fingerprint density at radius 1 is 1.39 bits per heavy atom. The van der Waals surface area contributed by atoms with Crippen molar-refractivity contribution in [3.63, 3.8) is 0 Å². The van der Waals surface area contributed by atoms with E-state index in [4.69, 9.17) is 18.0 Å². The number of nitrogens with zero attached hydrogens (tertiary/aromatic N) is 1. The summed E-state index contributed by atoms with van der Waals surface area (Å²) in [5.41, 5.74) is 5.49. The molecule has 0 spiro atoms. The van der Waals surface area contributed by atoms with Gasteiger partial charge in [0.25, 0.3) is 0 Å². The number of rotatable bonds is 9. The normalized spacial score (nSPS) is 12.8. The summed E-state index contributed by atoms with van der Waals surface area (Å²) < 4.78 is 0. The average molecular weight is 273 g/mol. The Labute approximate surface area is 116 Å². The van der Waals surface area contributed by atoms with E-state index in [1.54, 1.807) is 0 Å². The van der Waals surface area contributed by atoms with Crippen LogP contribution in [0, 0.1) is 5.92 Å². The average Bonchev–Trinajstić information content (AvgIpc) is 2.28. The molecule has 3 N–H and O–H groups in total. The number of carbonyl (C=O) groups excluding carboxylic acids is 1. The molecule has 0 radical (unpaired) electrons. The molecule has 0 aliphatic carbocycles. The van der Waals surface area contributed by atoms with Gasteiger partial charge in [0.2, 0.25) is 5.91 Å². The van der Waals surface area contributed by atoms with Gasteiger partial charge in [-0.3, -0.25) is 9.69 Å². The number of carbonyl (C=O) groups is 1. The van der Waals surface area contributed by atoms with E-state index in [1.165, 1.54) is 0 Å². The van der Waals surface area contributed by atoms with Crippen LogP contribution in [0.2, 0.25) is 0 Å². The standard InChI is InChI=1S/C13H27N3OS/c1-5-16(9-7-12(14)18)11(4)13(17)15-8-6-10(2)3/h10-11H,5-9H2,1-4H3,(H2,14,18)(H,15,17). The minimum atomic E-state index is -0.128. The minimum Gasteiger partial charge on any atom is -0.393 e. The first-order chi connectivity index (χ1) is 8.38. The van der Waals surface area contributed by atoms with Crippen molar-refractivity contribution in [1.29, 1.82) is 0 Å². The molecule has 0 aromatic carbocycles. The van der Waals surface area contributed by atoms with Gasteiger partial charge in [-0.25, -0.2) is 0 Å². The number of thiocarbonyl (C=S) groups is 1. The van der Waals surface area contributed by atoms with Gasteiger partial charge in [-0.1, -0.05) is 33.0 Å². The quantitative estimate of drug-likeness (QED) is 0.626. The molecule has 106 valence electrons. The summed E-state index contributed by atoms with van der Waals surface area (Å²) in [4.78, 5) is 14.5. The molecule has 1 unspecified atom stereocenters. The summed E-state index contributed by atoms with van der Waals surface area (Å²) in [6.07, 6.45) is 1.67. The lowest BCUT2D eigenvalue weighted by molar-refractivity contribution is -0.125. The van der Waals surface area contributed by atoms with Crippen LogP contribution in [0.25, 0.3) is 0 Å². The second-order valence-electron chi connectivity index (χ2n) is 4.99. The lowest BCUT2D eigenvalue weighted by Crippen LogP contribution is -2.46. The Balaban J connectivity index is 4.10. The highest BCUT2D eigenvalue weighted by atomic mass is 32.1. The smallest absolute Gasteiger partial charge is 0.237 e. The van der Waals surface area contributed by atoms with Crippen molar-refractivity contribution in [2.45, 2.75) is 46.6 Å². The molecule has 0 saturated heterocycles. The van der Waals surface area contributed by atoms with Crippen LogP contribution in [-0.4, -0.2) is 41.5 Å². The van der Waals surface area contributed by atoms with Crippen LogP contribution in [0.5, 0.6) is 0 Å². The van der Waals surface area contributed by atoms with Gasteiger partial charge < -0.3 is 11.1 Å². The van der Waals surface area contributed by atoms with E-state index in [1.807, 2.05) is 13.8 Å². The molecule has 4 nitrogen and oxygen atoms in total. The largest absolute Gasteiger partial charge is 0.393 e. The predicted molar refractivity (Wildman–Crippen MR) is 80.6 cm³/mol. The van der Waals surface area contributed by atoms with Crippen molar-refractivity contribution in [1.82, 2.24) is 10.2 Å². The first kappa shape index (κ1) is 17.3. The molecule has 0 bridgehead atoms. The lowest BCUT2D eigenvalue weighted by Gasteiger charge is -2.26. The van der Waals surface area contributed by atoms with E-state index >= 15 is 0 Å². The molecule has 0 heterocycles. The molecular formula is C13H27N3OS. The van der Waals surface area contributed by atoms with Crippen LogP contribution in [0.15, 0.2) is 0 Å². The summed E-state index contributed by atoms with van der Waals surface area (Å²) in [5.74, 6) is 0.693. The third-order valence-electron chi connectivity index (χ3n) is 3.00. The van der Waals surface area contributed by atoms with Gasteiger partial charge in [-0.2, -0.15) is 0 Å². The van der Waals surface area contributed by atoms with Gasteiger partial charge in [0.1, 0.15) is 0 Å². The zero-order chi connectivity index (χ0) is 14.1. The van der Waals surface area contributed by atoms with Crippen LogP contribution in [0.4, 0.5) is 0 Å². The summed E-state index contributed by atoms with van der Waals surface area (Å²) in [6, 6.07) is -0.128. The lowest BCUT2D eigenvalue weighted by atomic mass is 10.1. The summed E-state index contributed by atoms with van der Waals surface area (Å²) in [5, 5.41) is 2.97. The number of likely N-dealkylation sites (N-methyl/N-ethyl adjacent to an activating group) is 1. The van der Waals surface area contributed by atoms with E-state index in [0.29, 0.717) is 17.3 Å². The highest BCUT2D eigenvalue weighted by Crippen LogP contribution is 2.02. The zero-order valence-corrected chi connectivity index (χ0v) is 12.8. The van der Waals surface area contributed by atoms with Gasteiger partial charge in [0.15, 0.2) is 0 Å². The van der Waals surface area contributed by atoms with E-state index in [-0.39, 0.29) is 11.9 Å². The monoisotopic (exact) mass is 273 g/mol. The number of hydrogen-bond acceptors (Lipinski definition) is 3. The summed E-state index contributed by atoms with van der Waals surface area (Å²) in [6.45, 7) is 10.6. The molecular weight excluding hydrogens is 246 g/mol. The molecule has 0 aliphatic rings. The van der Waals surface area contributed by atoms with Gasteiger partial charge >= 0.3 is 0 Å². The second kappa shape index (κ2) is 9.28. The van der Waals surface area contributed by atoms with Crippen LogP contribution >= 0.6 is 12.2 Å². The van der Waals surface area contributed by atoms with E-state index in [9.17, 15) is 4.79 Å². The molecule has 1 atom stereocenters. The highest BCUT2D eigenvalue weighted by Gasteiger charge is 2.19. The van der Waals surface area contributed by atoms with E-state index < -0.39 is 0 Å². The minimum absolute atomic E-state index is 0.0837. The third-order valence-corrected chi connectivity index (χ3v) is 3.20. The molecule has 0 aromatic heterocycles. The molecule has 5 heteroatoms. The Morgan fingerprint density at radius 2 is 2.00 bits per heavy atom. The fourth-order valence-electron chi connectivity index (χ4n) is 1.68. The van der Waals surface area contributed by atoms with Crippen molar-refractivity contribution in [3.05, 3.63) is 0 Å². The van der Waals surface area contributed by atoms with Crippen molar-refractivity contribution < 1.29 is 4.79 Å². The SMILES string of the molecule is CCN(CCC(N)=S)C(C)C(=O)NCCC(C)C. The number of hydrogen-bond donors (Lipinski definition) is 2. The molecule has 0 rings (SSSR count). The molecule has 0 aromatic rings. The Bertz CT molecular complexity index is 269. The summed E-state index contributed by atoms with van der Waals surface area (Å²) in [7, 11) is 0. The molecule has 0 saturated carbocycles. The van der Waals surface area contributed by atoms with Gasteiger partial charge in [0.05, 0.1) is 11.0 Å². The number of nitrogens with one attached hydrogen (secondary N) is 1. The Hall–Kier alpha value is -0.680. The maximum absolute atomic E-state index is 12.0. The van der Waals surface area contributed by atoms with Crippen molar-refractivity contribution in [3.8, 4) is 0 Å². The zero-order valence-electron chi connectivity index (χ0n) is 12.0. The summed E-state index contributed by atoms with van der Waals surface area (Å²) >= 11 is 4.86. The maximum Gasteiger partial charge on any atom is 0.237 e. The number of nitrogens with two attached hydrogens (primary N) is 1. The van der Waals surface area contributed by atoms with Crippen molar-refractivity contribution in [2.24, 2.45) is 11.7 Å². The maximum atomic E-state index is 12.0.